The fourth-order valence-electron chi connectivity index (χ4n) is 2.16. The molecule has 0 unspecified atom stereocenters. The van der Waals surface area contributed by atoms with Crippen LogP contribution in [0.25, 0.3) is 0 Å². The summed E-state index contributed by atoms with van der Waals surface area (Å²) in [6.07, 6.45) is 0.518. The summed E-state index contributed by atoms with van der Waals surface area (Å²) < 4.78 is 10.8. The van der Waals surface area contributed by atoms with Crippen LogP contribution in [0.5, 0.6) is 5.75 Å². The van der Waals surface area contributed by atoms with Gasteiger partial charge in [0.1, 0.15) is 5.75 Å². The standard InChI is InChI=1S/C19H17ClN4O4S/c20-14-6-8-15(9-7-14)27-11-16(25)21-22-17(26)12-29-19-24-23-18(28-19)10-13-4-2-1-3-5-13/h1-9H,10-12H2,(H,21,25)(H,22,26). The lowest BCUT2D eigenvalue weighted by Gasteiger charge is -2.08. The fraction of sp³-hybridized carbons (Fsp3) is 0.158. The third kappa shape index (κ3) is 7.13. The Morgan fingerprint density at radius 1 is 1.00 bits per heavy atom. The van der Waals surface area contributed by atoms with E-state index in [1.165, 1.54) is 0 Å². The van der Waals surface area contributed by atoms with Crippen LogP contribution in [-0.2, 0) is 16.0 Å². The van der Waals surface area contributed by atoms with Gasteiger partial charge < -0.3 is 9.15 Å². The maximum atomic E-state index is 11.8. The number of carbonyl (C=O) groups excluding carboxylic acids is 2. The Kier molecular flexibility index (Phi) is 7.48. The molecule has 0 aliphatic carbocycles. The molecule has 1 aromatic heterocycles. The number of halogens is 1. The summed E-state index contributed by atoms with van der Waals surface area (Å²) in [6.45, 7) is -0.248. The molecule has 0 radical (unpaired) electrons. The SMILES string of the molecule is O=C(COc1ccc(Cl)cc1)NNC(=O)CSc1nnc(Cc2ccccc2)o1. The minimum atomic E-state index is -0.499. The van der Waals surface area contributed by atoms with Crippen LogP contribution in [0.2, 0.25) is 5.02 Å². The lowest BCUT2D eigenvalue weighted by molar-refractivity contribution is -0.128. The molecule has 0 spiro atoms. The number of nitrogens with zero attached hydrogens (tertiary/aromatic N) is 2. The molecule has 2 N–H and O–H groups in total. The van der Waals surface area contributed by atoms with E-state index in [0.717, 1.165) is 17.3 Å². The highest BCUT2D eigenvalue weighted by atomic mass is 35.5. The second kappa shape index (κ2) is 10.5. The molecule has 0 bridgehead atoms. The van der Waals surface area contributed by atoms with Gasteiger partial charge in [0.25, 0.3) is 11.1 Å². The first-order valence-corrected chi connectivity index (χ1v) is 9.90. The molecule has 0 atom stereocenters. The number of hydrogen-bond donors (Lipinski definition) is 2. The second-order valence-electron chi connectivity index (χ2n) is 5.75. The number of ether oxygens (including phenoxy) is 1. The maximum absolute atomic E-state index is 11.8. The lowest BCUT2D eigenvalue weighted by Crippen LogP contribution is -2.44. The fourth-order valence-corrected chi connectivity index (χ4v) is 2.86. The Morgan fingerprint density at radius 3 is 2.48 bits per heavy atom. The van der Waals surface area contributed by atoms with Gasteiger partial charge in [-0.15, -0.1) is 10.2 Å². The maximum Gasteiger partial charge on any atom is 0.277 e. The van der Waals surface area contributed by atoms with Gasteiger partial charge in [0.15, 0.2) is 6.61 Å². The van der Waals surface area contributed by atoms with Gasteiger partial charge in [-0.25, -0.2) is 0 Å². The van der Waals surface area contributed by atoms with E-state index < -0.39 is 11.8 Å². The van der Waals surface area contributed by atoms with Gasteiger partial charge in [0.2, 0.25) is 11.8 Å². The van der Waals surface area contributed by atoms with Crippen molar-refractivity contribution in [1.82, 2.24) is 21.0 Å². The number of amides is 2. The Hall–Kier alpha value is -3.04. The zero-order valence-electron chi connectivity index (χ0n) is 15.1. The number of carbonyl (C=O) groups is 2. The van der Waals surface area contributed by atoms with Crippen LogP contribution in [0.1, 0.15) is 11.5 Å². The second-order valence-corrected chi connectivity index (χ2v) is 7.11. The molecule has 0 aliphatic rings. The average Bonchev–Trinajstić information content (AvgIpc) is 3.18. The molecule has 0 saturated heterocycles. The minimum absolute atomic E-state index is 0.00525. The van der Waals surface area contributed by atoms with E-state index in [4.69, 9.17) is 20.8 Å². The first kappa shape index (κ1) is 20.7. The Labute approximate surface area is 176 Å². The largest absolute Gasteiger partial charge is 0.484 e. The van der Waals surface area contributed by atoms with Gasteiger partial charge in [0.05, 0.1) is 12.2 Å². The minimum Gasteiger partial charge on any atom is -0.484 e. The molecule has 2 amide bonds. The summed E-state index contributed by atoms with van der Waals surface area (Å²) in [5.74, 6) is 0.0467. The molecule has 3 rings (SSSR count). The van der Waals surface area contributed by atoms with E-state index >= 15 is 0 Å². The summed E-state index contributed by atoms with van der Waals surface area (Å²) in [5.41, 5.74) is 5.61. The monoisotopic (exact) mass is 432 g/mol. The third-order valence-electron chi connectivity index (χ3n) is 3.50. The Bertz CT molecular complexity index is 950. The summed E-state index contributed by atoms with van der Waals surface area (Å²) in [7, 11) is 0. The smallest absolute Gasteiger partial charge is 0.277 e. The zero-order valence-corrected chi connectivity index (χ0v) is 16.7. The Balaban J connectivity index is 1.34. The topological polar surface area (TPSA) is 106 Å². The molecular weight excluding hydrogens is 416 g/mol. The third-order valence-corrected chi connectivity index (χ3v) is 4.57. The summed E-state index contributed by atoms with van der Waals surface area (Å²) >= 11 is 6.85. The highest BCUT2D eigenvalue weighted by Crippen LogP contribution is 2.17. The number of thioether (sulfide) groups is 1. The Morgan fingerprint density at radius 2 is 1.72 bits per heavy atom. The number of aromatic nitrogens is 2. The van der Waals surface area contributed by atoms with Crippen molar-refractivity contribution < 1.29 is 18.7 Å². The van der Waals surface area contributed by atoms with Crippen molar-refractivity contribution in [1.29, 1.82) is 0 Å². The van der Waals surface area contributed by atoms with Crippen molar-refractivity contribution in [3.05, 3.63) is 71.1 Å². The normalized spacial score (nSPS) is 10.4. The van der Waals surface area contributed by atoms with Gasteiger partial charge in [-0.3, -0.25) is 20.4 Å². The summed E-state index contributed by atoms with van der Waals surface area (Å²) in [5, 5.41) is 8.71. The zero-order chi connectivity index (χ0) is 20.5. The first-order valence-electron chi connectivity index (χ1n) is 8.53. The van der Waals surface area contributed by atoms with Crippen molar-refractivity contribution in [3.63, 3.8) is 0 Å². The number of benzene rings is 2. The molecule has 150 valence electrons. The molecule has 1 heterocycles. The van der Waals surface area contributed by atoms with Gasteiger partial charge in [-0.2, -0.15) is 0 Å². The molecular formula is C19H17ClN4O4S. The van der Waals surface area contributed by atoms with E-state index in [-0.39, 0.29) is 17.6 Å². The molecule has 8 nitrogen and oxygen atoms in total. The van der Waals surface area contributed by atoms with E-state index in [1.54, 1.807) is 24.3 Å². The highest BCUT2D eigenvalue weighted by molar-refractivity contribution is 7.99. The van der Waals surface area contributed by atoms with Crippen LogP contribution in [0, 0.1) is 0 Å². The first-order chi connectivity index (χ1) is 14.1. The molecule has 3 aromatic rings. The average molecular weight is 433 g/mol. The van der Waals surface area contributed by atoms with Crippen LogP contribution in [0.3, 0.4) is 0 Å². The molecule has 0 aliphatic heterocycles. The van der Waals surface area contributed by atoms with E-state index in [1.807, 2.05) is 30.3 Å². The van der Waals surface area contributed by atoms with E-state index in [9.17, 15) is 9.59 Å². The van der Waals surface area contributed by atoms with Crippen LogP contribution < -0.4 is 15.6 Å². The van der Waals surface area contributed by atoms with Gasteiger partial charge >= 0.3 is 0 Å². The van der Waals surface area contributed by atoms with Crippen molar-refractivity contribution in [2.45, 2.75) is 11.6 Å². The lowest BCUT2D eigenvalue weighted by atomic mass is 10.2. The molecule has 10 heteroatoms. The van der Waals surface area contributed by atoms with Crippen molar-refractivity contribution >= 4 is 35.2 Å². The molecule has 29 heavy (non-hydrogen) atoms. The number of rotatable bonds is 8. The number of nitrogens with one attached hydrogen (secondary N) is 2. The quantitative estimate of drug-likeness (QED) is 0.416. The molecule has 0 fully saturated rings. The van der Waals surface area contributed by atoms with E-state index in [0.29, 0.717) is 23.1 Å². The van der Waals surface area contributed by atoms with Crippen LogP contribution in [-0.4, -0.2) is 34.4 Å². The van der Waals surface area contributed by atoms with Gasteiger partial charge in [-0.05, 0) is 29.8 Å². The molecule has 2 aromatic carbocycles. The van der Waals surface area contributed by atoms with Crippen molar-refractivity contribution in [3.8, 4) is 5.75 Å². The van der Waals surface area contributed by atoms with Gasteiger partial charge in [-0.1, -0.05) is 53.7 Å². The molecule has 0 saturated carbocycles. The van der Waals surface area contributed by atoms with E-state index in [2.05, 4.69) is 21.0 Å². The van der Waals surface area contributed by atoms with Gasteiger partial charge in [0, 0.05) is 5.02 Å². The van der Waals surface area contributed by atoms with Crippen LogP contribution >= 0.6 is 23.4 Å². The van der Waals surface area contributed by atoms with Crippen LogP contribution in [0.15, 0.2) is 64.2 Å². The number of hydrogen-bond acceptors (Lipinski definition) is 7. The predicted octanol–water partition coefficient (Wildman–Crippen LogP) is 2.63. The summed E-state index contributed by atoms with van der Waals surface area (Å²) in [6, 6.07) is 16.3. The van der Waals surface area contributed by atoms with Crippen LogP contribution in [0.4, 0.5) is 0 Å². The van der Waals surface area contributed by atoms with Crippen molar-refractivity contribution in [2.75, 3.05) is 12.4 Å². The number of hydrazine groups is 1. The van der Waals surface area contributed by atoms with Crippen molar-refractivity contribution in [2.24, 2.45) is 0 Å². The summed E-state index contributed by atoms with van der Waals surface area (Å²) in [4.78, 5) is 23.6. The predicted molar refractivity (Wildman–Crippen MR) is 108 cm³/mol. The highest BCUT2D eigenvalue weighted by Gasteiger charge is 2.11.